The minimum Gasteiger partial charge on any atom is -0.198 e. The number of hydrogen-bond acceptors (Lipinski definition) is 1. The molecule has 1 nitrogen and oxygen atoms in total. The van der Waals surface area contributed by atoms with Crippen molar-refractivity contribution >= 4 is 11.6 Å². The van der Waals surface area contributed by atoms with Gasteiger partial charge in [0.1, 0.15) is 0 Å². The molecule has 0 bridgehead atoms. The topological polar surface area (TPSA) is 23.8 Å². The van der Waals surface area contributed by atoms with Gasteiger partial charge in [0.2, 0.25) is 0 Å². The van der Waals surface area contributed by atoms with Crippen molar-refractivity contribution in [2.45, 2.75) is 64.2 Å². The maximum Gasteiger partial charge on any atom is 0.0621 e. The van der Waals surface area contributed by atoms with Gasteiger partial charge >= 0.3 is 0 Å². The van der Waals surface area contributed by atoms with E-state index < -0.39 is 0 Å². The standard InChI is InChI=1S/C12H22ClN/c13-11-9-7-5-3-1-2-4-6-8-10-12-14/h1-11H2. The highest BCUT2D eigenvalue weighted by molar-refractivity contribution is 6.17. The van der Waals surface area contributed by atoms with Crippen molar-refractivity contribution in [1.82, 2.24) is 0 Å². The van der Waals surface area contributed by atoms with E-state index in [1.165, 1.54) is 51.4 Å². The Hall–Kier alpha value is -0.220. The number of nitrogens with zero attached hydrogens (tertiary/aromatic N) is 1. The van der Waals surface area contributed by atoms with Gasteiger partial charge in [-0.3, -0.25) is 0 Å². The Balaban J connectivity index is 2.82. The van der Waals surface area contributed by atoms with E-state index in [0.29, 0.717) is 0 Å². The SMILES string of the molecule is N#CCCCCCCCCCCCCl. The molecule has 0 spiro atoms. The van der Waals surface area contributed by atoms with Gasteiger partial charge in [0.25, 0.3) is 0 Å². The van der Waals surface area contributed by atoms with Crippen LogP contribution in [-0.2, 0) is 0 Å². The number of hydrogen-bond donors (Lipinski definition) is 0. The van der Waals surface area contributed by atoms with Gasteiger partial charge in [-0.2, -0.15) is 5.26 Å². The third kappa shape index (κ3) is 11.8. The van der Waals surface area contributed by atoms with Crippen LogP contribution in [0.5, 0.6) is 0 Å². The van der Waals surface area contributed by atoms with E-state index in [-0.39, 0.29) is 0 Å². The first-order chi connectivity index (χ1) is 6.91. The molecule has 0 aromatic heterocycles. The maximum atomic E-state index is 8.33. The number of halogens is 1. The minimum atomic E-state index is 0.732. The molecule has 0 aliphatic rings. The van der Waals surface area contributed by atoms with Crippen molar-refractivity contribution in [2.24, 2.45) is 0 Å². The molecule has 82 valence electrons. The van der Waals surface area contributed by atoms with Crippen LogP contribution in [0.2, 0.25) is 0 Å². The molecule has 0 aromatic carbocycles. The summed E-state index contributed by atoms with van der Waals surface area (Å²) >= 11 is 5.59. The third-order valence-corrected chi connectivity index (χ3v) is 2.69. The first kappa shape index (κ1) is 13.8. The summed E-state index contributed by atoms with van der Waals surface area (Å²) in [5.74, 6) is 0.814. The Bertz CT molecular complexity index is 140. The van der Waals surface area contributed by atoms with E-state index in [2.05, 4.69) is 6.07 Å². The molecule has 14 heavy (non-hydrogen) atoms. The third-order valence-electron chi connectivity index (χ3n) is 2.42. The zero-order valence-electron chi connectivity index (χ0n) is 9.10. The van der Waals surface area contributed by atoms with Gasteiger partial charge < -0.3 is 0 Å². The molecule has 0 fully saturated rings. The average molecular weight is 216 g/mol. The molecule has 0 rings (SSSR count). The van der Waals surface area contributed by atoms with Crippen LogP contribution in [0.1, 0.15) is 64.2 Å². The van der Waals surface area contributed by atoms with Crippen LogP contribution < -0.4 is 0 Å². The molecule has 0 heterocycles. The van der Waals surface area contributed by atoms with Crippen LogP contribution in [0.15, 0.2) is 0 Å². The molecule has 0 amide bonds. The van der Waals surface area contributed by atoms with Crippen LogP contribution >= 0.6 is 11.6 Å². The highest BCUT2D eigenvalue weighted by Gasteiger charge is 1.91. The lowest BCUT2D eigenvalue weighted by molar-refractivity contribution is 0.568. The van der Waals surface area contributed by atoms with E-state index in [1.54, 1.807) is 0 Å². The number of alkyl halides is 1. The zero-order chi connectivity index (χ0) is 10.5. The van der Waals surface area contributed by atoms with Crippen molar-refractivity contribution in [3.05, 3.63) is 0 Å². The molecule has 0 aromatic rings. The smallest absolute Gasteiger partial charge is 0.0621 e. The normalized spacial score (nSPS) is 10.0. The number of unbranched alkanes of at least 4 members (excludes halogenated alkanes) is 9. The van der Waals surface area contributed by atoms with Gasteiger partial charge in [-0.1, -0.05) is 44.9 Å². The van der Waals surface area contributed by atoms with Gasteiger partial charge in [0.15, 0.2) is 0 Å². The highest BCUT2D eigenvalue weighted by atomic mass is 35.5. The van der Waals surface area contributed by atoms with Gasteiger partial charge in [-0.15, -0.1) is 11.6 Å². The molecule has 0 aliphatic carbocycles. The second kappa shape index (κ2) is 12.8. The quantitative estimate of drug-likeness (QED) is 0.385. The Kier molecular flexibility index (Phi) is 12.6. The monoisotopic (exact) mass is 215 g/mol. The predicted molar refractivity (Wildman–Crippen MR) is 62.5 cm³/mol. The van der Waals surface area contributed by atoms with Crippen LogP contribution in [0.3, 0.4) is 0 Å². The fraction of sp³-hybridized carbons (Fsp3) is 0.917. The Morgan fingerprint density at radius 1 is 0.714 bits per heavy atom. The number of rotatable bonds is 10. The predicted octanol–water partition coefficient (Wildman–Crippen LogP) is 4.65. The molecule has 0 radical (unpaired) electrons. The first-order valence-corrected chi connectivity index (χ1v) is 6.38. The van der Waals surface area contributed by atoms with E-state index in [9.17, 15) is 0 Å². The second-order valence-electron chi connectivity index (χ2n) is 3.78. The summed E-state index contributed by atoms with van der Waals surface area (Å²) in [6, 6.07) is 2.18. The molecule has 2 heteroatoms. The molecule has 0 atom stereocenters. The lowest BCUT2D eigenvalue weighted by Gasteiger charge is -2.00. The summed E-state index contributed by atoms with van der Waals surface area (Å²) in [6.07, 6.45) is 12.2. The molecule has 0 saturated carbocycles. The zero-order valence-corrected chi connectivity index (χ0v) is 9.86. The summed E-state index contributed by atoms with van der Waals surface area (Å²) in [4.78, 5) is 0. The van der Waals surface area contributed by atoms with Crippen molar-refractivity contribution in [3.63, 3.8) is 0 Å². The first-order valence-electron chi connectivity index (χ1n) is 5.84. The molecule has 0 aliphatic heterocycles. The van der Waals surface area contributed by atoms with Gasteiger partial charge in [-0.05, 0) is 12.8 Å². The lowest BCUT2D eigenvalue weighted by Crippen LogP contribution is -1.82. The Morgan fingerprint density at radius 3 is 1.57 bits per heavy atom. The fourth-order valence-electron chi connectivity index (χ4n) is 1.54. The maximum absolute atomic E-state index is 8.33. The van der Waals surface area contributed by atoms with Crippen LogP contribution in [-0.4, -0.2) is 5.88 Å². The summed E-state index contributed by atoms with van der Waals surface area (Å²) < 4.78 is 0. The Morgan fingerprint density at radius 2 is 1.14 bits per heavy atom. The van der Waals surface area contributed by atoms with Gasteiger partial charge in [0.05, 0.1) is 6.07 Å². The molecular formula is C12H22ClN. The van der Waals surface area contributed by atoms with Crippen molar-refractivity contribution < 1.29 is 0 Å². The Labute approximate surface area is 93.4 Å². The van der Waals surface area contributed by atoms with Crippen molar-refractivity contribution in [1.29, 1.82) is 5.26 Å². The molecule has 0 saturated heterocycles. The van der Waals surface area contributed by atoms with Crippen molar-refractivity contribution in [3.8, 4) is 6.07 Å². The minimum absolute atomic E-state index is 0.732. The fourth-order valence-corrected chi connectivity index (χ4v) is 1.72. The summed E-state index contributed by atoms with van der Waals surface area (Å²) in [6.45, 7) is 0. The summed E-state index contributed by atoms with van der Waals surface area (Å²) in [7, 11) is 0. The summed E-state index contributed by atoms with van der Waals surface area (Å²) in [5, 5.41) is 8.33. The van der Waals surface area contributed by atoms with E-state index in [1.807, 2.05) is 0 Å². The largest absolute Gasteiger partial charge is 0.198 e. The van der Waals surface area contributed by atoms with Crippen LogP contribution in [0.25, 0.3) is 0 Å². The number of nitriles is 1. The van der Waals surface area contributed by atoms with Gasteiger partial charge in [-0.25, -0.2) is 0 Å². The average Bonchev–Trinajstić information content (AvgIpc) is 2.21. The van der Waals surface area contributed by atoms with E-state index in [0.717, 1.165) is 18.7 Å². The lowest BCUT2D eigenvalue weighted by atomic mass is 10.1. The van der Waals surface area contributed by atoms with Gasteiger partial charge in [0, 0.05) is 12.3 Å². The summed E-state index contributed by atoms with van der Waals surface area (Å²) in [5.41, 5.74) is 0. The van der Waals surface area contributed by atoms with Crippen LogP contribution in [0.4, 0.5) is 0 Å². The highest BCUT2D eigenvalue weighted by Crippen LogP contribution is 2.10. The van der Waals surface area contributed by atoms with E-state index >= 15 is 0 Å². The van der Waals surface area contributed by atoms with Crippen molar-refractivity contribution in [2.75, 3.05) is 5.88 Å². The molecule has 0 N–H and O–H groups in total. The second-order valence-corrected chi connectivity index (χ2v) is 4.16. The molecule has 0 unspecified atom stereocenters. The molecular weight excluding hydrogens is 194 g/mol. The van der Waals surface area contributed by atoms with Crippen LogP contribution in [0, 0.1) is 11.3 Å². The van der Waals surface area contributed by atoms with E-state index in [4.69, 9.17) is 16.9 Å².